The van der Waals surface area contributed by atoms with E-state index in [-0.39, 0.29) is 12.4 Å². The van der Waals surface area contributed by atoms with Gasteiger partial charge in [-0.25, -0.2) is 4.39 Å². The van der Waals surface area contributed by atoms with Gasteiger partial charge in [0, 0.05) is 22.1 Å². The summed E-state index contributed by atoms with van der Waals surface area (Å²) in [4.78, 5) is 0. The van der Waals surface area contributed by atoms with Crippen LogP contribution in [0.25, 0.3) is 0 Å². The van der Waals surface area contributed by atoms with Crippen molar-refractivity contribution >= 4 is 15.9 Å². The lowest BCUT2D eigenvalue weighted by Gasteiger charge is -2.15. The normalized spacial score (nSPS) is 10.5. The summed E-state index contributed by atoms with van der Waals surface area (Å²) in [5, 5.41) is 3.08. The molecule has 0 saturated heterocycles. The summed E-state index contributed by atoms with van der Waals surface area (Å²) in [6, 6.07) is 10.5. The number of halogens is 2. The fraction of sp³-hybridized carbons (Fsp3) is 0.250. The van der Waals surface area contributed by atoms with Crippen LogP contribution in [0.3, 0.4) is 0 Å². The van der Waals surface area contributed by atoms with Crippen LogP contribution in [0.1, 0.15) is 11.1 Å². The molecule has 0 aromatic heterocycles. The van der Waals surface area contributed by atoms with Crippen molar-refractivity contribution in [2.45, 2.75) is 13.2 Å². The first-order valence-corrected chi connectivity index (χ1v) is 7.32. The van der Waals surface area contributed by atoms with Crippen molar-refractivity contribution in [3.8, 4) is 11.5 Å². The fourth-order valence-electron chi connectivity index (χ4n) is 2.02. The minimum absolute atomic E-state index is 0.141. The highest BCUT2D eigenvalue weighted by atomic mass is 79.9. The van der Waals surface area contributed by atoms with Crippen molar-refractivity contribution in [1.82, 2.24) is 5.32 Å². The molecule has 2 aromatic rings. The van der Waals surface area contributed by atoms with Crippen LogP contribution in [0.5, 0.6) is 11.5 Å². The number of hydrogen-bond acceptors (Lipinski definition) is 3. The molecule has 5 heteroatoms. The summed E-state index contributed by atoms with van der Waals surface area (Å²) in [5.41, 5.74) is 1.46. The van der Waals surface area contributed by atoms with E-state index in [9.17, 15) is 4.39 Å². The topological polar surface area (TPSA) is 30.5 Å². The summed E-state index contributed by atoms with van der Waals surface area (Å²) in [7, 11) is 3.45. The van der Waals surface area contributed by atoms with Gasteiger partial charge in [-0.3, -0.25) is 0 Å². The molecule has 0 heterocycles. The van der Waals surface area contributed by atoms with Crippen LogP contribution < -0.4 is 14.8 Å². The predicted octanol–water partition coefficient (Wildman–Crippen LogP) is 3.90. The molecule has 0 aliphatic heterocycles. The molecule has 0 saturated carbocycles. The van der Waals surface area contributed by atoms with Gasteiger partial charge in [-0.2, -0.15) is 0 Å². The predicted molar refractivity (Wildman–Crippen MR) is 84.2 cm³/mol. The molecule has 0 atom stereocenters. The van der Waals surface area contributed by atoms with Gasteiger partial charge in [0.15, 0.2) is 11.5 Å². The molecule has 0 bridgehead atoms. The van der Waals surface area contributed by atoms with Crippen molar-refractivity contribution in [2.24, 2.45) is 0 Å². The van der Waals surface area contributed by atoms with Crippen LogP contribution >= 0.6 is 15.9 Å². The molecule has 3 nitrogen and oxygen atoms in total. The number of nitrogens with one attached hydrogen (secondary N) is 1. The van der Waals surface area contributed by atoms with E-state index in [0.29, 0.717) is 23.6 Å². The van der Waals surface area contributed by atoms with Crippen LogP contribution in [0.2, 0.25) is 0 Å². The van der Waals surface area contributed by atoms with E-state index in [1.807, 2.05) is 25.2 Å². The van der Waals surface area contributed by atoms with Crippen LogP contribution in [-0.2, 0) is 13.2 Å². The van der Waals surface area contributed by atoms with E-state index in [0.717, 1.165) is 10.0 Å². The summed E-state index contributed by atoms with van der Waals surface area (Å²) in [5.74, 6) is 0.982. The zero-order valence-corrected chi connectivity index (χ0v) is 13.5. The van der Waals surface area contributed by atoms with Gasteiger partial charge in [0.2, 0.25) is 0 Å². The number of rotatable bonds is 6. The molecule has 112 valence electrons. The lowest BCUT2D eigenvalue weighted by Crippen LogP contribution is -2.09. The molecular formula is C16H17BrFNO2. The Kier molecular flexibility index (Phi) is 5.59. The number of hydrogen-bond donors (Lipinski definition) is 1. The Bertz CT molecular complexity index is 619. The summed E-state index contributed by atoms with van der Waals surface area (Å²) >= 11 is 3.33. The zero-order chi connectivity index (χ0) is 15.2. The molecule has 1 N–H and O–H groups in total. The smallest absolute Gasteiger partial charge is 0.166 e. The van der Waals surface area contributed by atoms with Crippen molar-refractivity contribution in [3.05, 3.63) is 57.8 Å². The molecule has 0 aliphatic rings. The second-order valence-electron chi connectivity index (χ2n) is 4.50. The van der Waals surface area contributed by atoms with E-state index < -0.39 is 0 Å². The Balaban J connectivity index is 2.24. The first kappa shape index (κ1) is 15.8. The first-order chi connectivity index (χ1) is 10.2. The Labute approximate surface area is 132 Å². The van der Waals surface area contributed by atoms with Gasteiger partial charge in [0.05, 0.1) is 7.11 Å². The number of methoxy groups -OCH3 is 1. The quantitative estimate of drug-likeness (QED) is 0.854. The minimum Gasteiger partial charge on any atom is -0.493 e. The Hall–Kier alpha value is -1.59. The molecule has 21 heavy (non-hydrogen) atoms. The monoisotopic (exact) mass is 353 g/mol. The van der Waals surface area contributed by atoms with Crippen molar-refractivity contribution in [1.29, 1.82) is 0 Å². The van der Waals surface area contributed by atoms with Crippen molar-refractivity contribution in [3.63, 3.8) is 0 Å². The number of ether oxygens (including phenoxy) is 2. The number of benzene rings is 2. The summed E-state index contributed by atoms with van der Waals surface area (Å²) in [6.07, 6.45) is 0. The molecule has 0 amide bonds. The Morgan fingerprint density at radius 1 is 1.19 bits per heavy atom. The zero-order valence-electron chi connectivity index (χ0n) is 12.0. The van der Waals surface area contributed by atoms with Crippen LogP contribution in [0.4, 0.5) is 4.39 Å². The van der Waals surface area contributed by atoms with E-state index in [1.54, 1.807) is 19.2 Å². The van der Waals surface area contributed by atoms with Gasteiger partial charge >= 0.3 is 0 Å². The van der Waals surface area contributed by atoms with Crippen LogP contribution in [0.15, 0.2) is 40.9 Å². The largest absolute Gasteiger partial charge is 0.493 e. The van der Waals surface area contributed by atoms with E-state index in [4.69, 9.17) is 9.47 Å². The van der Waals surface area contributed by atoms with Gasteiger partial charge in [-0.1, -0.05) is 28.1 Å². The van der Waals surface area contributed by atoms with Crippen molar-refractivity contribution in [2.75, 3.05) is 14.2 Å². The van der Waals surface area contributed by atoms with Gasteiger partial charge in [0.1, 0.15) is 12.4 Å². The van der Waals surface area contributed by atoms with Gasteiger partial charge in [0.25, 0.3) is 0 Å². The van der Waals surface area contributed by atoms with Crippen molar-refractivity contribution < 1.29 is 13.9 Å². The lowest BCUT2D eigenvalue weighted by molar-refractivity contribution is 0.276. The maximum absolute atomic E-state index is 13.8. The van der Waals surface area contributed by atoms with Gasteiger partial charge in [-0.05, 0) is 31.3 Å². The average Bonchev–Trinajstić information content (AvgIpc) is 2.49. The van der Waals surface area contributed by atoms with E-state index in [2.05, 4.69) is 21.2 Å². The molecule has 0 spiro atoms. The first-order valence-electron chi connectivity index (χ1n) is 6.53. The molecule has 2 rings (SSSR count). The second-order valence-corrected chi connectivity index (χ2v) is 5.42. The standard InChI is InChI=1S/C16H17BrFNO2/c1-19-9-11-4-3-5-15(20-2)16(11)21-10-12-8-13(17)6-7-14(12)18/h3-8,19H,9-10H2,1-2H3. The second kappa shape index (κ2) is 7.43. The third kappa shape index (κ3) is 3.95. The third-order valence-corrected chi connectivity index (χ3v) is 3.52. The van der Waals surface area contributed by atoms with Gasteiger partial charge < -0.3 is 14.8 Å². The minimum atomic E-state index is -0.289. The molecule has 2 aromatic carbocycles. The fourth-order valence-corrected chi connectivity index (χ4v) is 2.43. The molecule has 0 unspecified atom stereocenters. The van der Waals surface area contributed by atoms with Gasteiger partial charge in [-0.15, -0.1) is 0 Å². The van der Waals surface area contributed by atoms with Crippen LogP contribution in [-0.4, -0.2) is 14.2 Å². The van der Waals surface area contributed by atoms with E-state index >= 15 is 0 Å². The van der Waals surface area contributed by atoms with Crippen LogP contribution in [0, 0.1) is 5.82 Å². The summed E-state index contributed by atoms with van der Waals surface area (Å²) in [6.45, 7) is 0.788. The highest BCUT2D eigenvalue weighted by molar-refractivity contribution is 9.10. The highest BCUT2D eigenvalue weighted by Gasteiger charge is 2.12. The summed E-state index contributed by atoms with van der Waals surface area (Å²) < 4.78 is 25.7. The molecular weight excluding hydrogens is 337 g/mol. The average molecular weight is 354 g/mol. The third-order valence-electron chi connectivity index (χ3n) is 3.03. The Morgan fingerprint density at radius 3 is 2.71 bits per heavy atom. The molecule has 0 radical (unpaired) electrons. The lowest BCUT2D eigenvalue weighted by atomic mass is 10.1. The number of para-hydroxylation sites is 1. The Morgan fingerprint density at radius 2 is 2.00 bits per heavy atom. The molecule has 0 fully saturated rings. The SMILES string of the molecule is CNCc1cccc(OC)c1OCc1cc(Br)ccc1F. The maximum atomic E-state index is 13.8. The maximum Gasteiger partial charge on any atom is 0.166 e. The molecule has 0 aliphatic carbocycles. The van der Waals surface area contributed by atoms with E-state index in [1.165, 1.54) is 6.07 Å². The highest BCUT2D eigenvalue weighted by Crippen LogP contribution is 2.32.